The summed E-state index contributed by atoms with van der Waals surface area (Å²) in [6.07, 6.45) is 1.73. The number of ether oxygens (including phenoxy) is 2. The predicted molar refractivity (Wildman–Crippen MR) is 98.0 cm³/mol. The third kappa shape index (κ3) is 5.69. The normalized spacial score (nSPS) is 11.4. The maximum absolute atomic E-state index is 13.6. The van der Waals surface area contributed by atoms with Crippen LogP contribution in [0.4, 0.5) is 4.39 Å². The summed E-state index contributed by atoms with van der Waals surface area (Å²) >= 11 is 0. The van der Waals surface area contributed by atoms with Gasteiger partial charge >= 0.3 is 0 Å². The van der Waals surface area contributed by atoms with Gasteiger partial charge in [-0.05, 0) is 48.2 Å². The quantitative estimate of drug-likeness (QED) is 0.602. The summed E-state index contributed by atoms with van der Waals surface area (Å²) in [6, 6.07) is 12.5. The van der Waals surface area contributed by atoms with Gasteiger partial charge in [0, 0.05) is 6.42 Å². The second kappa shape index (κ2) is 9.52. The molecule has 0 saturated heterocycles. The zero-order valence-corrected chi connectivity index (χ0v) is 15.0. The molecule has 2 rings (SSSR count). The maximum atomic E-state index is 13.6. The SMILES string of the molecule is COc1ccc(CCOc2ccc(CCC(N)(CO)CO)cc2)cc1F. The van der Waals surface area contributed by atoms with Crippen LogP contribution in [0.2, 0.25) is 0 Å². The van der Waals surface area contributed by atoms with Gasteiger partial charge in [0.15, 0.2) is 11.6 Å². The summed E-state index contributed by atoms with van der Waals surface area (Å²) in [5.41, 5.74) is 6.80. The largest absolute Gasteiger partial charge is 0.494 e. The van der Waals surface area contributed by atoms with E-state index in [9.17, 15) is 14.6 Å². The van der Waals surface area contributed by atoms with Gasteiger partial charge in [0.2, 0.25) is 0 Å². The van der Waals surface area contributed by atoms with Crippen LogP contribution in [0.15, 0.2) is 42.5 Å². The number of nitrogens with two attached hydrogens (primary N) is 1. The number of benzene rings is 2. The number of hydrogen-bond donors (Lipinski definition) is 3. The molecule has 0 radical (unpaired) electrons. The molecule has 142 valence electrons. The number of methoxy groups -OCH3 is 1. The molecule has 2 aromatic carbocycles. The fraction of sp³-hybridized carbons (Fsp3) is 0.400. The van der Waals surface area contributed by atoms with Crippen molar-refractivity contribution in [1.29, 1.82) is 0 Å². The van der Waals surface area contributed by atoms with Crippen LogP contribution < -0.4 is 15.2 Å². The Morgan fingerprint density at radius 2 is 1.65 bits per heavy atom. The summed E-state index contributed by atoms with van der Waals surface area (Å²) in [7, 11) is 1.44. The average Bonchev–Trinajstić information content (AvgIpc) is 2.67. The zero-order chi connectivity index (χ0) is 19.0. The Morgan fingerprint density at radius 3 is 2.23 bits per heavy atom. The van der Waals surface area contributed by atoms with Gasteiger partial charge in [-0.25, -0.2) is 4.39 Å². The molecule has 0 aliphatic rings. The lowest BCUT2D eigenvalue weighted by atomic mass is 9.94. The molecule has 5 nitrogen and oxygen atoms in total. The van der Waals surface area contributed by atoms with Crippen LogP contribution in [0, 0.1) is 5.82 Å². The summed E-state index contributed by atoms with van der Waals surface area (Å²) in [5.74, 6) is 0.580. The van der Waals surface area contributed by atoms with Crippen LogP contribution in [-0.2, 0) is 12.8 Å². The molecule has 0 fully saturated rings. The Bertz CT molecular complexity index is 687. The molecule has 0 spiro atoms. The van der Waals surface area contributed by atoms with E-state index in [2.05, 4.69) is 0 Å². The average molecular weight is 363 g/mol. The van der Waals surface area contributed by atoms with Crippen molar-refractivity contribution < 1.29 is 24.1 Å². The first-order valence-electron chi connectivity index (χ1n) is 8.54. The molecule has 4 N–H and O–H groups in total. The van der Waals surface area contributed by atoms with Crippen LogP contribution in [0.1, 0.15) is 17.5 Å². The van der Waals surface area contributed by atoms with Crippen molar-refractivity contribution in [3.05, 3.63) is 59.4 Å². The molecule has 0 heterocycles. The smallest absolute Gasteiger partial charge is 0.165 e. The Hall–Kier alpha value is -2.15. The highest BCUT2D eigenvalue weighted by atomic mass is 19.1. The van der Waals surface area contributed by atoms with Crippen molar-refractivity contribution >= 4 is 0 Å². The van der Waals surface area contributed by atoms with Crippen LogP contribution in [0.5, 0.6) is 11.5 Å². The third-order valence-electron chi connectivity index (χ3n) is 4.34. The van der Waals surface area contributed by atoms with E-state index in [1.165, 1.54) is 13.2 Å². The lowest BCUT2D eigenvalue weighted by Gasteiger charge is -2.24. The Morgan fingerprint density at radius 1 is 1.00 bits per heavy atom. The van der Waals surface area contributed by atoms with E-state index in [-0.39, 0.29) is 24.8 Å². The van der Waals surface area contributed by atoms with E-state index in [0.717, 1.165) is 16.9 Å². The molecular weight excluding hydrogens is 337 g/mol. The maximum Gasteiger partial charge on any atom is 0.165 e. The minimum absolute atomic E-state index is 0.231. The first-order valence-corrected chi connectivity index (χ1v) is 8.54. The predicted octanol–water partition coefficient (Wildman–Crippen LogP) is 2.07. The molecule has 0 aliphatic carbocycles. The highest BCUT2D eigenvalue weighted by molar-refractivity contribution is 5.30. The molecule has 6 heteroatoms. The number of aliphatic hydroxyl groups excluding tert-OH is 2. The number of aliphatic hydroxyl groups is 2. The first-order chi connectivity index (χ1) is 12.5. The van der Waals surface area contributed by atoms with Crippen molar-refractivity contribution in [1.82, 2.24) is 0 Å². The van der Waals surface area contributed by atoms with Crippen LogP contribution in [-0.4, -0.2) is 42.7 Å². The fourth-order valence-electron chi connectivity index (χ4n) is 2.51. The van der Waals surface area contributed by atoms with Gasteiger partial charge in [-0.3, -0.25) is 0 Å². The molecule has 0 bridgehead atoms. The molecule has 0 saturated carbocycles. The summed E-state index contributed by atoms with van der Waals surface area (Å²) in [4.78, 5) is 0. The number of hydrogen-bond acceptors (Lipinski definition) is 5. The van der Waals surface area contributed by atoms with Gasteiger partial charge in [-0.1, -0.05) is 18.2 Å². The van der Waals surface area contributed by atoms with Crippen LogP contribution >= 0.6 is 0 Å². The molecule has 0 unspecified atom stereocenters. The monoisotopic (exact) mass is 363 g/mol. The van der Waals surface area contributed by atoms with E-state index in [1.807, 2.05) is 30.3 Å². The standard InChI is InChI=1S/C20H26FNO4/c1-25-19-7-4-16(12-18(19)21)9-11-26-17-5-2-15(3-6-17)8-10-20(22,13-23)14-24/h2-7,12,23-24H,8-11,13-14,22H2,1H3. The zero-order valence-electron chi connectivity index (χ0n) is 15.0. The number of rotatable bonds is 10. The van der Waals surface area contributed by atoms with E-state index in [4.69, 9.17) is 15.2 Å². The molecule has 26 heavy (non-hydrogen) atoms. The highest BCUT2D eigenvalue weighted by Crippen LogP contribution is 2.19. The lowest BCUT2D eigenvalue weighted by molar-refractivity contribution is 0.115. The summed E-state index contributed by atoms with van der Waals surface area (Å²) in [6.45, 7) is -0.0701. The number of aryl methyl sites for hydroxylation is 1. The van der Waals surface area contributed by atoms with Gasteiger partial charge in [0.25, 0.3) is 0 Å². The molecule has 2 aromatic rings. The second-order valence-electron chi connectivity index (χ2n) is 6.39. The van der Waals surface area contributed by atoms with E-state index in [1.54, 1.807) is 6.07 Å². The molecule has 0 aliphatic heterocycles. The number of halogens is 1. The Kier molecular flexibility index (Phi) is 7.38. The van der Waals surface area contributed by atoms with Crippen LogP contribution in [0.25, 0.3) is 0 Å². The van der Waals surface area contributed by atoms with Crippen molar-refractivity contribution in [2.75, 3.05) is 26.9 Å². The van der Waals surface area contributed by atoms with Crippen molar-refractivity contribution in [2.45, 2.75) is 24.8 Å². The minimum Gasteiger partial charge on any atom is -0.494 e. The van der Waals surface area contributed by atoms with Gasteiger partial charge in [-0.2, -0.15) is 0 Å². The Balaban J connectivity index is 1.81. The van der Waals surface area contributed by atoms with Gasteiger partial charge in [0.05, 0.1) is 32.5 Å². The summed E-state index contributed by atoms with van der Waals surface area (Å²) < 4.78 is 24.2. The van der Waals surface area contributed by atoms with Crippen molar-refractivity contribution in [3.8, 4) is 11.5 Å². The molecule has 0 amide bonds. The Labute approximate surface area is 153 Å². The summed E-state index contributed by atoms with van der Waals surface area (Å²) in [5, 5.41) is 18.4. The third-order valence-corrected chi connectivity index (χ3v) is 4.34. The molecule has 0 aromatic heterocycles. The molecular formula is C20H26FNO4. The lowest BCUT2D eigenvalue weighted by Crippen LogP contribution is -2.47. The first kappa shape index (κ1) is 20.2. The minimum atomic E-state index is -0.956. The van der Waals surface area contributed by atoms with Crippen LogP contribution in [0.3, 0.4) is 0 Å². The highest BCUT2D eigenvalue weighted by Gasteiger charge is 2.22. The van der Waals surface area contributed by atoms with Gasteiger partial charge in [0.1, 0.15) is 5.75 Å². The molecule has 0 atom stereocenters. The topological polar surface area (TPSA) is 84.9 Å². The van der Waals surface area contributed by atoms with Gasteiger partial charge < -0.3 is 25.4 Å². The van der Waals surface area contributed by atoms with Crippen molar-refractivity contribution in [3.63, 3.8) is 0 Å². The fourth-order valence-corrected chi connectivity index (χ4v) is 2.51. The van der Waals surface area contributed by atoms with E-state index in [0.29, 0.717) is 25.9 Å². The van der Waals surface area contributed by atoms with Gasteiger partial charge in [-0.15, -0.1) is 0 Å². The van der Waals surface area contributed by atoms with E-state index >= 15 is 0 Å². The second-order valence-corrected chi connectivity index (χ2v) is 6.39. The van der Waals surface area contributed by atoms with E-state index < -0.39 is 5.54 Å². The van der Waals surface area contributed by atoms with Crippen molar-refractivity contribution in [2.24, 2.45) is 5.73 Å².